The van der Waals surface area contributed by atoms with Gasteiger partial charge in [0.15, 0.2) is 0 Å². The highest BCUT2D eigenvalue weighted by atomic mass is 16.1. The number of amides is 1. The molecule has 2 aliphatic rings. The lowest BCUT2D eigenvalue weighted by molar-refractivity contribution is 0.0923. The Morgan fingerprint density at radius 1 is 1.19 bits per heavy atom. The van der Waals surface area contributed by atoms with Crippen LogP contribution in [0.5, 0.6) is 0 Å². The van der Waals surface area contributed by atoms with Crippen LogP contribution >= 0.6 is 0 Å². The molecule has 1 fully saturated rings. The summed E-state index contributed by atoms with van der Waals surface area (Å²) >= 11 is 0. The lowest BCUT2D eigenvalue weighted by Crippen LogP contribution is -2.34. The fourth-order valence-corrected chi connectivity index (χ4v) is 4.57. The minimum atomic E-state index is -0.00627. The van der Waals surface area contributed by atoms with Crippen molar-refractivity contribution in [2.45, 2.75) is 32.2 Å². The van der Waals surface area contributed by atoms with Crippen LogP contribution in [0.2, 0.25) is 0 Å². The van der Waals surface area contributed by atoms with Crippen molar-refractivity contribution in [2.24, 2.45) is 11.8 Å². The maximum Gasteiger partial charge on any atom is 0.251 e. The van der Waals surface area contributed by atoms with Gasteiger partial charge in [0.2, 0.25) is 0 Å². The highest BCUT2D eigenvalue weighted by Crippen LogP contribution is 2.49. The van der Waals surface area contributed by atoms with Gasteiger partial charge in [0.1, 0.15) is 0 Å². The van der Waals surface area contributed by atoms with E-state index in [1.165, 1.54) is 17.5 Å². The Balaban J connectivity index is 1.56. The Morgan fingerprint density at radius 2 is 1.92 bits per heavy atom. The van der Waals surface area contributed by atoms with Gasteiger partial charge in [-0.25, -0.2) is 0 Å². The highest BCUT2D eigenvalue weighted by molar-refractivity contribution is 5.94. The van der Waals surface area contributed by atoms with Crippen molar-refractivity contribution in [3.8, 4) is 0 Å². The third-order valence-electron chi connectivity index (χ3n) is 6.10. The summed E-state index contributed by atoms with van der Waals surface area (Å²) < 4.78 is 0. The first kappa shape index (κ1) is 17.2. The van der Waals surface area contributed by atoms with E-state index in [4.69, 9.17) is 0 Å². The van der Waals surface area contributed by atoms with E-state index in [0.717, 1.165) is 19.6 Å². The summed E-state index contributed by atoms with van der Waals surface area (Å²) in [6.45, 7) is 7.90. The van der Waals surface area contributed by atoms with Gasteiger partial charge in [-0.1, -0.05) is 44.5 Å². The number of hydrogen-bond donors (Lipinski definition) is 1. The zero-order valence-electron chi connectivity index (χ0n) is 15.6. The molecule has 4 nitrogen and oxygen atoms in total. The maximum absolute atomic E-state index is 12.8. The minimum Gasteiger partial charge on any atom is -0.345 e. The van der Waals surface area contributed by atoms with Gasteiger partial charge < -0.3 is 10.2 Å². The number of benzene rings is 1. The topological polar surface area (TPSA) is 45.2 Å². The molecule has 1 amide bonds. The Kier molecular flexibility index (Phi) is 4.77. The largest absolute Gasteiger partial charge is 0.345 e. The molecule has 4 heteroatoms. The molecule has 2 aromatic rings. The van der Waals surface area contributed by atoms with Crippen molar-refractivity contribution < 1.29 is 4.79 Å². The Bertz CT molecular complexity index is 776. The molecule has 4 atom stereocenters. The first-order valence-electron chi connectivity index (χ1n) is 9.69. The zero-order valence-corrected chi connectivity index (χ0v) is 15.6. The molecule has 1 saturated heterocycles. The molecule has 1 unspecified atom stereocenters. The van der Waals surface area contributed by atoms with Crippen molar-refractivity contribution >= 4 is 5.91 Å². The molecule has 26 heavy (non-hydrogen) atoms. The number of hydrogen-bond acceptors (Lipinski definition) is 3. The van der Waals surface area contributed by atoms with Crippen molar-refractivity contribution in [3.05, 3.63) is 65.5 Å². The molecule has 0 spiro atoms. The highest BCUT2D eigenvalue weighted by Gasteiger charge is 2.46. The van der Waals surface area contributed by atoms with Gasteiger partial charge in [0, 0.05) is 49.4 Å². The predicted molar refractivity (Wildman–Crippen MR) is 103 cm³/mol. The first-order chi connectivity index (χ1) is 12.7. The van der Waals surface area contributed by atoms with Crippen molar-refractivity contribution in [1.82, 2.24) is 15.2 Å². The standard InChI is InChI=1S/C22H27N3O/c1-3-15(2)12-25-13-19-17-6-4-5-7-18(17)21(20(19)14-25)24-22(26)16-8-10-23-11-9-16/h4-11,15,19-21H,3,12-14H2,1-2H3,(H,24,26)/t15?,19-,20-,21+/m0/s1. The normalized spacial score (nSPS) is 25.5. The Hall–Kier alpha value is -2.20. The van der Waals surface area contributed by atoms with Gasteiger partial charge in [-0.3, -0.25) is 9.78 Å². The van der Waals surface area contributed by atoms with E-state index in [-0.39, 0.29) is 11.9 Å². The van der Waals surface area contributed by atoms with Gasteiger partial charge in [0.05, 0.1) is 6.04 Å². The molecule has 1 aliphatic carbocycles. The molecule has 1 aromatic carbocycles. The fraction of sp³-hybridized carbons (Fsp3) is 0.455. The summed E-state index contributed by atoms with van der Waals surface area (Å²) in [5, 5.41) is 3.32. The van der Waals surface area contributed by atoms with Crippen LogP contribution in [0, 0.1) is 11.8 Å². The van der Waals surface area contributed by atoms with Crippen LogP contribution in [0.3, 0.4) is 0 Å². The molecule has 1 aromatic heterocycles. The van der Waals surface area contributed by atoms with E-state index in [1.807, 2.05) is 0 Å². The molecule has 0 saturated carbocycles. The molecular weight excluding hydrogens is 322 g/mol. The Morgan fingerprint density at radius 3 is 2.65 bits per heavy atom. The van der Waals surface area contributed by atoms with Crippen molar-refractivity contribution in [3.63, 3.8) is 0 Å². The number of carbonyl (C=O) groups excluding carboxylic acids is 1. The monoisotopic (exact) mass is 349 g/mol. The quantitative estimate of drug-likeness (QED) is 0.896. The number of aromatic nitrogens is 1. The average Bonchev–Trinajstić information content (AvgIpc) is 3.20. The lowest BCUT2D eigenvalue weighted by Gasteiger charge is -2.24. The predicted octanol–water partition coefficient (Wildman–Crippen LogP) is 3.63. The molecule has 0 radical (unpaired) electrons. The molecule has 4 rings (SSSR count). The van der Waals surface area contributed by atoms with E-state index in [0.29, 0.717) is 23.3 Å². The van der Waals surface area contributed by atoms with Crippen molar-refractivity contribution in [1.29, 1.82) is 0 Å². The van der Waals surface area contributed by atoms with Gasteiger partial charge in [0.25, 0.3) is 5.91 Å². The van der Waals surface area contributed by atoms with Crippen molar-refractivity contribution in [2.75, 3.05) is 19.6 Å². The number of carbonyl (C=O) groups is 1. The van der Waals surface area contributed by atoms with Crippen LogP contribution in [-0.2, 0) is 0 Å². The van der Waals surface area contributed by atoms with Gasteiger partial charge >= 0.3 is 0 Å². The van der Waals surface area contributed by atoms with Crippen LogP contribution < -0.4 is 5.32 Å². The second-order valence-electron chi connectivity index (χ2n) is 7.82. The second kappa shape index (κ2) is 7.20. The van der Waals surface area contributed by atoms with Crippen LogP contribution in [0.25, 0.3) is 0 Å². The van der Waals surface area contributed by atoms with E-state index in [1.54, 1.807) is 24.5 Å². The summed E-state index contributed by atoms with van der Waals surface area (Å²) in [4.78, 5) is 19.3. The van der Waals surface area contributed by atoms with E-state index >= 15 is 0 Å². The van der Waals surface area contributed by atoms with Crippen LogP contribution in [-0.4, -0.2) is 35.4 Å². The number of pyridine rings is 1. The molecule has 1 aliphatic heterocycles. The summed E-state index contributed by atoms with van der Waals surface area (Å²) in [7, 11) is 0. The molecular formula is C22H27N3O. The number of likely N-dealkylation sites (tertiary alicyclic amines) is 1. The lowest BCUT2D eigenvalue weighted by atomic mass is 9.94. The number of nitrogens with one attached hydrogen (secondary N) is 1. The molecule has 136 valence electrons. The number of fused-ring (bicyclic) bond motifs is 3. The molecule has 1 N–H and O–H groups in total. The summed E-state index contributed by atoms with van der Waals surface area (Å²) in [6, 6.07) is 12.3. The minimum absolute atomic E-state index is 0.00627. The van der Waals surface area contributed by atoms with Gasteiger partial charge in [-0.15, -0.1) is 0 Å². The smallest absolute Gasteiger partial charge is 0.251 e. The molecule has 2 heterocycles. The SMILES string of the molecule is CCC(C)CN1C[C@@H]2[C@H](NC(=O)c3ccncc3)c3ccccc3[C@@H]2C1. The first-order valence-corrected chi connectivity index (χ1v) is 9.69. The number of nitrogens with zero attached hydrogens (tertiary/aromatic N) is 2. The van der Waals surface area contributed by atoms with Gasteiger partial charge in [-0.05, 0) is 29.2 Å². The van der Waals surface area contributed by atoms with E-state index in [9.17, 15) is 4.79 Å². The van der Waals surface area contributed by atoms with Gasteiger partial charge in [-0.2, -0.15) is 0 Å². The zero-order chi connectivity index (χ0) is 18.1. The van der Waals surface area contributed by atoms with E-state index < -0.39 is 0 Å². The third kappa shape index (κ3) is 3.14. The Labute approximate surface area is 155 Å². The van der Waals surface area contributed by atoms with Crippen LogP contribution in [0.15, 0.2) is 48.8 Å². The van der Waals surface area contributed by atoms with Crippen LogP contribution in [0.4, 0.5) is 0 Å². The second-order valence-corrected chi connectivity index (χ2v) is 7.82. The summed E-state index contributed by atoms with van der Waals surface area (Å²) in [5.41, 5.74) is 3.40. The number of rotatable bonds is 5. The third-order valence-corrected chi connectivity index (χ3v) is 6.10. The van der Waals surface area contributed by atoms with Crippen LogP contribution in [0.1, 0.15) is 53.7 Å². The summed E-state index contributed by atoms with van der Waals surface area (Å²) in [5.74, 6) is 1.70. The van der Waals surface area contributed by atoms with E-state index in [2.05, 4.69) is 53.3 Å². The maximum atomic E-state index is 12.8. The summed E-state index contributed by atoms with van der Waals surface area (Å²) in [6.07, 6.45) is 4.55. The molecule has 0 bridgehead atoms. The fourth-order valence-electron chi connectivity index (χ4n) is 4.57. The average molecular weight is 349 g/mol.